The molecule has 2 fully saturated rings. The normalized spacial score (nSPS) is 19.3. The highest BCUT2D eigenvalue weighted by molar-refractivity contribution is 7.89. The molecule has 2 aliphatic heterocycles. The molecule has 140 valence electrons. The van der Waals surface area contributed by atoms with Crippen LogP contribution >= 0.6 is 0 Å². The minimum Gasteiger partial charge on any atom is -0.354 e. The Hall–Kier alpha value is -2.20. The van der Waals surface area contributed by atoms with Gasteiger partial charge in [-0.15, -0.1) is 0 Å². The Balaban J connectivity index is 1.44. The van der Waals surface area contributed by atoms with Gasteiger partial charge in [-0.25, -0.2) is 18.4 Å². The predicted octanol–water partition coefficient (Wildman–Crippen LogP) is 0.321. The van der Waals surface area contributed by atoms with Gasteiger partial charge < -0.3 is 14.4 Å². The number of piperazine rings is 1. The topological polar surface area (TPSA) is 87.5 Å². The number of hydrogen-bond acceptors (Lipinski definition) is 7. The van der Waals surface area contributed by atoms with Crippen molar-refractivity contribution < 1.29 is 8.42 Å². The van der Waals surface area contributed by atoms with Gasteiger partial charge in [0.2, 0.25) is 5.95 Å². The average Bonchev–Trinajstić information content (AvgIpc) is 3.34. The molecule has 2 aromatic heterocycles. The summed E-state index contributed by atoms with van der Waals surface area (Å²) in [6.45, 7) is 4.04. The molecule has 4 heterocycles. The van der Waals surface area contributed by atoms with E-state index in [1.54, 1.807) is 17.8 Å². The van der Waals surface area contributed by atoms with E-state index in [4.69, 9.17) is 0 Å². The smallest absolute Gasteiger partial charge is 0.262 e. The number of nitrogens with zero attached hydrogens (tertiary/aromatic N) is 7. The van der Waals surface area contributed by atoms with Gasteiger partial charge in [0, 0.05) is 58.7 Å². The molecule has 0 unspecified atom stereocenters. The summed E-state index contributed by atoms with van der Waals surface area (Å²) in [5.41, 5.74) is 0. The van der Waals surface area contributed by atoms with E-state index in [-0.39, 0.29) is 5.03 Å². The van der Waals surface area contributed by atoms with Crippen molar-refractivity contribution in [2.45, 2.75) is 17.9 Å². The lowest BCUT2D eigenvalue weighted by molar-refractivity contribution is 0.382. The van der Waals surface area contributed by atoms with E-state index >= 15 is 0 Å². The molecule has 0 N–H and O–H groups in total. The fourth-order valence-corrected chi connectivity index (χ4v) is 4.79. The maximum atomic E-state index is 12.7. The Kier molecular flexibility index (Phi) is 4.53. The Labute approximate surface area is 153 Å². The van der Waals surface area contributed by atoms with Crippen molar-refractivity contribution in [2.24, 2.45) is 7.05 Å². The van der Waals surface area contributed by atoms with Gasteiger partial charge >= 0.3 is 0 Å². The first kappa shape index (κ1) is 17.2. The van der Waals surface area contributed by atoms with E-state index in [0.717, 1.165) is 24.9 Å². The molecule has 2 saturated heterocycles. The molecule has 0 bridgehead atoms. The van der Waals surface area contributed by atoms with Crippen LogP contribution in [0.5, 0.6) is 0 Å². The van der Waals surface area contributed by atoms with Crippen LogP contribution in [-0.2, 0) is 17.1 Å². The molecule has 26 heavy (non-hydrogen) atoms. The van der Waals surface area contributed by atoms with Gasteiger partial charge in [0.1, 0.15) is 5.82 Å². The monoisotopic (exact) mass is 377 g/mol. The van der Waals surface area contributed by atoms with Gasteiger partial charge in [-0.1, -0.05) is 0 Å². The first-order chi connectivity index (χ1) is 12.5. The molecule has 2 aromatic rings. The largest absolute Gasteiger partial charge is 0.354 e. The number of imidazole rings is 1. The van der Waals surface area contributed by atoms with Gasteiger partial charge in [-0.2, -0.15) is 9.29 Å². The van der Waals surface area contributed by atoms with E-state index in [1.165, 1.54) is 29.7 Å². The molecule has 2 aliphatic rings. The quantitative estimate of drug-likeness (QED) is 0.758. The molecular formula is C16H23N7O2S. The summed E-state index contributed by atoms with van der Waals surface area (Å²) in [5, 5.41) is 0.104. The predicted molar refractivity (Wildman–Crippen MR) is 97.7 cm³/mol. The second-order valence-electron chi connectivity index (χ2n) is 6.68. The minimum absolute atomic E-state index is 0.104. The van der Waals surface area contributed by atoms with Crippen molar-refractivity contribution in [2.75, 3.05) is 49.1 Å². The number of aromatic nitrogens is 4. The molecule has 0 aliphatic carbocycles. The van der Waals surface area contributed by atoms with Crippen LogP contribution in [0, 0.1) is 0 Å². The van der Waals surface area contributed by atoms with E-state index < -0.39 is 10.0 Å². The van der Waals surface area contributed by atoms with Crippen LogP contribution in [0.4, 0.5) is 11.8 Å². The standard InChI is InChI=1S/C16H23N7O2S/c1-20-12-15(18-13-20)26(24,25)23-10-8-21(9-11-23)14-4-5-17-16(19-14)22-6-2-3-7-22/h4-5,12-13H,2-3,6-11H2,1H3. The summed E-state index contributed by atoms with van der Waals surface area (Å²) in [4.78, 5) is 17.4. The van der Waals surface area contributed by atoms with Crippen molar-refractivity contribution in [1.29, 1.82) is 0 Å². The van der Waals surface area contributed by atoms with Gasteiger partial charge in [0.15, 0.2) is 5.03 Å². The lowest BCUT2D eigenvalue weighted by Crippen LogP contribution is -2.49. The Bertz CT molecular complexity index is 868. The molecule has 0 saturated carbocycles. The minimum atomic E-state index is -3.53. The first-order valence-corrected chi connectivity index (χ1v) is 10.3. The molecule has 4 rings (SSSR count). The highest BCUT2D eigenvalue weighted by Gasteiger charge is 2.30. The second kappa shape index (κ2) is 6.84. The molecule has 0 radical (unpaired) electrons. The van der Waals surface area contributed by atoms with Crippen molar-refractivity contribution in [3.05, 3.63) is 24.8 Å². The SMILES string of the molecule is Cn1cnc(S(=O)(=O)N2CCN(c3ccnc(N4CCCC4)n3)CC2)c1. The van der Waals surface area contributed by atoms with Crippen molar-refractivity contribution in [3.63, 3.8) is 0 Å². The number of rotatable bonds is 4. The van der Waals surface area contributed by atoms with Crippen LogP contribution in [0.3, 0.4) is 0 Å². The second-order valence-corrected chi connectivity index (χ2v) is 8.56. The molecule has 0 aromatic carbocycles. The van der Waals surface area contributed by atoms with Crippen LogP contribution < -0.4 is 9.80 Å². The zero-order valence-corrected chi connectivity index (χ0v) is 15.6. The van der Waals surface area contributed by atoms with Gasteiger partial charge in [0.25, 0.3) is 10.0 Å². The third-order valence-electron chi connectivity index (χ3n) is 4.87. The number of hydrogen-bond donors (Lipinski definition) is 0. The van der Waals surface area contributed by atoms with E-state index in [9.17, 15) is 8.42 Å². The van der Waals surface area contributed by atoms with Gasteiger partial charge in [-0.3, -0.25) is 0 Å². The fraction of sp³-hybridized carbons (Fsp3) is 0.562. The van der Waals surface area contributed by atoms with Crippen LogP contribution in [-0.4, -0.2) is 71.5 Å². The maximum Gasteiger partial charge on any atom is 0.262 e. The summed E-state index contributed by atoms with van der Waals surface area (Å²) in [7, 11) is -1.77. The van der Waals surface area contributed by atoms with Crippen LogP contribution in [0.2, 0.25) is 0 Å². The summed E-state index contributed by atoms with van der Waals surface area (Å²) >= 11 is 0. The lowest BCUT2D eigenvalue weighted by Gasteiger charge is -2.34. The maximum absolute atomic E-state index is 12.7. The summed E-state index contributed by atoms with van der Waals surface area (Å²) in [6, 6.07) is 1.89. The number of anilines is 2. The third kappa shape index (κ3) is 3.26. The molecule has 0 atom stereocenters. The zero-order valence-electron chi connectivity index (χ0n) is 14.8. The highest BCUT2D eigenvalue weighted by atomic mass is 32.2. The molecular weight excluding hydrogens is 354 g/mol. The molecule has 0 spiro atoms. The van der Waals surface area contributed by atoms with Crippen molar-refractivity contribution in [1.82, 2.24) is 23.8 Å². The van der Waals surface area contributed by atoms with Gasteiger partial charge in [0.05, 0.1) is 6.33 Å². The average molecular weight is 377 g/mol. The Morgan fingerprint density at radius 3 is 2.35 bits per heavy atom. The number of sulfonamides is 1. The number of aryl methyl sites for hydroxylation is 1. The highest BCUT2D eigenvalue weighted by Crippen LogP contribution is 2.21. The Morgan fingerprint density at radius 2 is 1.69 bits per heavy atom. The van der Waals surface area contributed by atoms with E-state index in [0.29, 0.717) is 26.2 Å². The fourth-order valence-electron chi connectivity index (χ4n) is 3.40. The van der Waals surface area contributed by atoms with Crippen LogP contribution in [0.15, 0.2) is 29.8 Å². The van der Waals surface area contributed by atoms with Crippen molar-refractivity contribution in [3.8, 4) is 0 Å². The van der Waals surface area contributed by atoms with Crippen LogP contribution in [0.25, 0.3) is 0 Å². The van der Waals surface area contributed by atoms with E-state index in [1.807, 2.05) is 6.07 Å². The summed E-state index contributed by atoms with van der Waals surface area (Å²) in [6.07, 6.45) is 7.18. The van der Waals surface area contributed by atoms with Crippen LogP contribution in [0.1, 0.15) is 12.8 Å². The summed E-state index contributed by atoms with van der Waals surface area (Å²) in [5.74, 6) is 1.63. The van der Waals surface area contributed by atoms with Crippen molar-refractivity contribution >= 4 is 21.8 Å². The first-order valence-electron chi connectivity index (χ1n) is 8.85. The molecule has 0 amide bonds. The molecule has 9 nitrogen and oxygen atoms in total. The Morgan fingerprint density at radius 1 is 0.962 bits per heavy atom. The van der Waals surface area contributed by atoms with E-state index in [2.05, 4.69) is 24.8 Å². The zero-order chi connectivity index (χ0) is 18.1. The van der Waals surface area contributed by atoms with Gasteiger partial charge in [-0.05, 0) is 18.9 Å². The lowest BCUT2D eigenvalue weighted by atomic mass is 10.3. The summed E-state index contributed by atoms with van der Waals surface area (Å²) < 4.78 is 28.5. The molecule has 10 heteroatoms. The third-order valence-corrected chi connectivity index (χ3v) is 6.65.